The van der Waals surface area contributed by atoms with Gasteiger partial charge in [-0.3, -0.25) is 9.78 Å². The van der Waals surface area contributed by atoms with Crippen LogP contribution in [0.15, 0.2) is 61.2 Å². The highest BCUT2D eigenvalue weighted by Crippen LogP contribution is 2.27. The van der Waals surface area contributed by atoms with Crippen LogP contribution < -0.4 is 0 Å². The zero-order valence-electron chi connectivity index (χ0n) is 14.4. The topological polar surface area (TPSA) is 77.7 Å². The molecular weight excluding hydrogens is 326 g/mol. The number of pyridine rings is 2. The third kappa shape index (κ3) is 3.09. The average molecular weight is 345 g/mol. The molecule has 0 aliphatic rings. The third-order valence-corrected chi connectivity index (χ3v) is 4.46. The van der Waals surface area contributed by atoms with Crippen LogP contribution in [0.2, 0.25) is 0 Å². The largest absolute Gasteiger partial charge is 0.357 e. The number of likely N-dealkylation sites (N-methyl/N-ethyl adjacent to an activating group) is 1. The zero-order valence-corrected chi connectivity index (χ0v) is 14.4. The molecule has 0 aliphatic heterocycles. The van der Waals surface area contributed by atoms with Crippen molar-refractivity contribution >= 4 is 16.9 Å². The third-order valence-electron chi connectivity index (χ3n) is 4.46. The van der Waals surface area contributed by atoms with Crippen LogP contribution in [0, 0.1) is 0 Å². The van der Waals surface area contributed by atoms with Gasteiger partial charge in [-0.25, -0.2) is 4.98 Å². The fraction of sp³-hybridized carbons (Fsp3) is 0.150. The Morgan fingerprint density at radius 1 is 1.12 bits per heavy atom. The fourth-order valence-electron chi connectivity index (χ4n) is 3.02. The number of carbonyl (C=O) groups is 1. The molecule has 0 unspecified atom stereocenters. The highest BCUT2D eigenvalue weighted by molar-refractivity contribution is 5.97. The number of hydrogen-bond acceptors (Lipinski definition) is 3. The van der Waals surface area contributed by atoms with Crippen molar-refractivity contribution in [2.24, 2.45) is 0 Å². The van der Waals surface area contributed by atoms with E-state index < -0.39 is 0 Å². The maximum atomic E-state index is 12.7. The molecule has 0 radical (unpaired) electrons. The number of carbonyl (C=O) groups excluding carboxylic acids is 1. The van der Waals surface area contributed by atoms with E-state index in [-0.39, 0.29) is 5.91 Å². The maximum Gasteiger partial charge on any atom is 0.270 e. The SMILES string of the molecule is CN(CCc1ccccn1)C(=O)c1cc(-c2ccnc3[nH]ccc23)c[nH]1. The van der Waals surface area contributed by atoms with Crippen LogP contribution in [0.5, 0.6) is 0 Å². The normalized spacial score (nSPS) is 11.0. The van der Waals surface area contributed by atoms with Crippen molar-refractivity contribution in [3.63, 3.8) is 0 Å². The summed E-state index contributed by atoms with van der Waals surface area (Å²) in [4.78, 5) is 29.2. The van der Waals surface area contributed by atoms with Gasteiger partial charge in [-0.1, -0.05) is 6.07 Å². The van der Waals surface area contributed by atoms with Gasteiger partial charge in [-0.2, -0.15) is 0 Å². The molecule has 4 heterocycles. The van der Waals surface area contributed by atoms with Gasteiger partial charge in [0.05, 0.1) is 0 Å². The Morgan fingerprint density at radius 3 is 2.88 bits per heavy atom. The Kier molecular flexibility index (Phi) is 4.23. The average Bonchev–Trinajstić information content (AvgIpc) is 3.35. The molecular formula is C20H19N5O. The van der Waals surface area contributed by atoms with Crippen molar-refractivity contribution in [1.82, 2.24) is 24.8 Å². The van der Waals surface area contributed by atoms with Crippen LogP contribution in [0.1, 0.15) is 16.2 Å². The minimum atomic E-state index is -0.0356. The van der Waals surface area contributed by atoms with Gasteiger partial charge in [0.1, 0.15) is 11.3 Å². The molecule has 0 saturated heterocycles. The second-order valence-corrected chi connectivity index (χ2v) is 6.20. The summed E-state index contributed by atoms with van der Waals surface area (Å²) < 4.78 is 0. The fourth-order valence-corrected chi connectivity index (χ4v) is 3.02. The Labute approximate surface area is 150 Å². The first-order chi connectivity index (χ1) is 12.7. The molecule has 4 aromatic heterocycles. The minimum Gasteiger partial charge on any atom is -0.357 e. The molecule has 26 heavy (non-hydrogen) atoms. The van der Waals surface area contributed by atoms with Crippen LogP contribution in [-0.4, -0.2) is 44.3 Å². The molecule has 130 valence electrons. The Balaban J connectivity index is 1.50. The van der Waals surface area contributed by atoms with Crippen LogP contribution >= 0.6 is 0 Å². The Bertz CT molecular complexity index is 1030. The first-order valence-corrected chi connectivity index (χ1v) is 8.48. The molecule has 2 N–H and O–H groups in total. The lowest BCUT2D eigenvalue weighted by molar-refractivity contribution is 0.0791. The van der Waals surface area contributed by atoms with Crippen LogP contribution in [0.25, 0.3) is 22.2 Å². The summed E-state index contributed by atoms with van der Waals surface area (Å²) in [6, 6.07) is 11.7. The number of H-pyrrole nitrogens is 2. The van der Waals surface area contributed by atoms with Crippen LogP contribution in [0.3, 0.4) is 0 Å². The van der Waals surface area contributed by atoms with E-state index >= 15 is 0 Å². The first-order valence-electron chi connectivity index (χ1n) is 8.48. The molecule has 0 fully saturated rings. The van der Waals surface area contributed by atoms with Crippen molar-refractivity contribution < 1.29 is 4.79 Å². The minimum absolute atomic E-state index is 0.0356. The summed E-state index contributed by atoms with van der Waals surface area (Å²) in [5, 5.41) is 1.04. The van der Waals surface area contributed by atoms with E-state index in [0.717, 1.165) is 34.3 Å². The summed E-state index contributed by atoms with van der Waals surface area (Å²) in [5.74, 6) is -0.0356. The van der Waals surface area contributed by atoms with Gasteiger partial charge in [0.15, 0.2) is 0 Å². The van der Waals surface area contributed by atoms with Crippen molar-refractivity contribution in [3.8, 4) is 11.1 Å². The van der Waals surface area contributed by atoms with Gasteiger partial charge in [0.25, 0.3) is 5.91 Å². The second kappa shape index (κ2) is 6.84. The summed E-state index contributed by atoms with van der Waals surface area (Å²) >= 11 is 0. The summed E-state index contributed by atoms with van der Waals surface area (Å²) in [7, 11) is 1.81. The lowest BCUT2D eigenvalue weighted by Crippen LogP contribution is -2.29. The predicted molar refractivity (Wildman–Crippen MR) is 101 cm³/mol. The lowest BCUT2D eigenvalue weighted by Gasteiger charge is -2.15. The predicted octanol–water partition coefficient (Wildman–Crippen LogP) is 3.27. The van der Waals surface area contributed by atoms with Gasteiger partial charge in [0, 0.05) is 61.4 Å². The van der Waals surface area contributed by atoms with Gasteiger partial charge in [0.2, 0.25) is 0 Å². The number of nitrogens with zero attached hydrogens (tertiary/aromatic N) is 3. The van der Waals surface area contributed by atoms with Crippen LogP contribution in [-0.2, 0) is 6.42 Å². The standard InChI is InChI=1S/C20H19N5O/c1-25(11-7-15-4-2-3-8-21-15)20(26)18-12-14(13-24-18)16-5-9-22-19-17(16)6-10-23-19/h2-6,8-10,12-13,24H,7,11H2,1H3,(H,22,23). The molecule has 1 amide bonds. The van der Waals surface area contributed by atoms with Crippen molar-refractivity contribution in [3.05, 3.63) is 72.6 Å². The van der Waals surface area contributed by atoms with Crippen molar-refractivity contribution in [2.45, 2.75) is 6.42 Å². The molecule has 6 nitrogen and oxygen atoms in total. The number of fused-ring (bicyclic) bond motifs is 1. The number of rotatable bonds is 5. The highest BCUT2D eigenvalue weighted by Gasteiger charge is 2.15. The van der Waals surface area contributed by atoms with E-state index in [1.54, 1.807) is 17.3 Å². The zero-order chi connectivity index (χ0) is 17.9. The van der Waals surface area contributed by atoms with Gasteiger partial charge >= 0.3 is 0 Å². The number of amides is 1. The molecule has 0 spiro atoms. The molecule has 0 saturated carbocycles. The van der Waals surface area contributed by atoms with E-state index in [2.05, 4.69) is 19.9 Å². The van der Waals surface area contributed by atoms with E-state index in [9.17, 15) is 4.79 Å². The molecule has 4 aromatic rings. The Hall–Kier alpha value is -3.41. The van der Waals surface area contributed by atoms with Gasteiger partial charge in [-0.05, 0) is 35.9 Å². The van der Waals surface area contributed by atoms with E-state index in [1.807, 2.05) is 55.8 Å². The van der Waals surface area contributed by atoms with E-state index in [0.29, 0.717) is 12.2 Å². The summed E-state index contributed by atoms with van der Waals surface area (Å²) in [5.41, 5.74) is 4.40. The van der Waals surface area contributed by atoms with Gasteiger partial charge < -0.3 is 14.9 Å². The number of aromatic amines is 2. The van der Waals surface area contributed by atoms with Gasteiger partial charge in [-0.15, -0.1) is 0 Å². The molecule has 0 aromatic carbocycles. The lowest BCUT2D eigenvalue weighted by atomic mass is 10.1. The molecule has 0 atom stereocenters. The molecule has 6 heteroatoms. The van der Waals surface area contributed by atoms with E-state index in [1.165, 1.54) is 0 Å². The quantitative estimate of drug-likeness (QED) is 0.583. The molecule has 0 aliphatic carbocycles. The monoisotopic (exact) mass is 345 g/mol. The molecule has 4 rings (SSSR count). The van der Waals surface area contributed by atoms with E-state index in [4.69, 9.17) is 0 Å². The maximum absolute atomic E-state index is 12.7. The number of aromatic nitrogens is 4. The van der Waals surface area contributed by atoms with Crippen molar-refractivity contribution in [2.75, 3.05) is 13.6 Å². The Morgan fingerprint density at radius 2 is 2.04 bits per heavy atom. The summed E-state index contributed by atoms with van der Waals surface area (Å²) in [6.07, 6.45) is 7.99. The smallest absolute Gasteiger partial charge is 0.270 e. The summed E-state index contributed by atoms with van der Waals surface area (Å²) in [6.45, 7) is 0.613. The number of hydrogen-bond donors (Lipinski definition) is 2. The second-order valence-electron chi connectivity index (χ2n) is 6.20. The highest BCUT2D eigenvalue weighted by atomic mass is 16.2. The number of nitrogens with one attached hydrogen (secondary N) is 2. The molecule has 0 bridgehead atoms. The van der Waals surface area contributed by atoms with Crippen LogP contribution in [0.4, 0.5) is 0 Å². The first kappa shape index (κ1) is 16.1. The van der Waals surface area contributed by atoms with Crippen molar-refractivity contribution in [1.29, 1.82) is 0 Å².